The highest BCUT2D eigenvalue weighted by Crippen LogP contribution is 2.21. The molecule has 6 heteroatoms. The minimum atomic E-state index is -0.403. The molecule has 0 saturated heterocycles. The zero-order chi connectivity index (χ0) is 16.4. The smallest absolute Gasteiger partial charge is 0.338 e. The third-order valence-corrected chi connectivity index (χ3v) is 3.75. The molecule has 0 N–H and O–H groups in total. The highest BCUT2D eigenvalue weighted by atomic mass is 127. The summed E-state index contributed by atoms with van der Waals surface area (Å²) in [7, 11) is 1.58. The van der Waals surface area contributed by atoms with E-state index in [9.17, 15) is 9.59 Å². The second kappa shape index (κ2) is 10.4. The van der Waals surface area contributed by atoms with E-state index >= 15 is 0 Å². The Bertz CT molecular complexity index is 501. The van der Waals surface area contributed by atoms with Crippen LogP contribution in [0.4, 0.5) is 0 Å². The van der Waals surface area contributed by atoms with Crippen molar-refractivity contribution in [2.75, 3.05) is 20.3 Å². The van der Waals surface area contributed by atoms with Crippen molar-refractivity contribution in [3.05, 3.63) is 27.3 Å². The second-order valence-electron chi connectivity index (χ2n) is 4.66. The molecule has 0 bridgehead atoms. The van der Waals surface area contributed by atoms with Crippen molar-refractivity contribution in [3.8, 4) is 5.75 Å². The molecule has 0 aromatic heterocycles. The Morgan fingerprint density at radius 2 is 1.86 bits per heavy atom. The van der Waals surface area contributed by atoms with Crippen LogP contribution in [0.2, 0.25) is 0 Å². The van der Waals surface area contributed by atoms with Crippen LogP contribution in [-0.2, 0) is 14.3 Å². The molecule has 0 heterocycles. The maximum atomic E-state index is 11.9. The predicted octanol–water partition coefficient (Wildman–Crippen LogP) is 3.58. The van der Waals surface area contributed by atoms with E-state index in [1.54, 1.807) is 25.3 Å². The molecular weight excluding hydrogens is 399 g/mol. The van der Waals surface area contributed by atoms with Gasteiger partial charge in [0.25, 0.3) is 0 Å². The number of halogens is 1. The topological polar surface area (TPSA) is 61.8 Å². The van der Waals surface area contributed by atoms with Gasteiger partial charge in [-0.25, -0.2) is 4.79 Å². The van der Waals surface area contributed by atoms with E-state index in [2.05, 4.69) is 22.6 Å². The molecule has 0 amide bonds. The first kappa shape index (κ1) is 18.7. The van der Waals surface area contributed by atoms with Gasteiger partial charge >= 0.3 is 11.9 Å². The van der Waals surface area contributed by atoms with E-state index in [0.717, 1.165) is 16.4 Å². The molecule has 0 radical (unpaired) electrons. The quantitative estimate of drug-likeness (QED) is 0.347. The summed E-state index contributed by atoms with van der Waals surface area (Å²) in [6.07, 6.45) is 2.59. The molecule has 0 aliphatic rings. The van der Waals surface area contributed by atoms with Crippen LogP contribution in [0.5, 0.6) is 5.75 Å². The van der Waals surface area contributed by atoms with Crippen molar-refractivity contribution in [2.45, 2.75) is 32.6 Å². The van der Waals surface area contributed by atoms with Gasteiger partial charge < -0.3 is 14.2 Å². The van der Waals surface area contributed by atoms with Crippen LogP contribution in [0.15, 0.2) is 18.2 Å². The predicted molar refractivity (Wildman–Crippen MR) is 91.1 cm³/mol. The Kier molecular flexibility index (Phi) is 8.88. The van der Waals surface area contributed by atoms with E-state index in [-0.39, 0.29) is 19.0 Å². The number of hydrogen-bond acceptors (Lipinski definition) is 5. The van der Waals surface area contributed by atoms with Gasteiger partial charge in [-0.05, 0) is 53.6 Å². The maximum Gasteiger partial charge on any atom is 0.338 e. The highest BCUT2D eigenvalue weighted by Gasteiger charge is 2.10. The number of unbranched alkanes of at least 4 members (excludes halogenated alkanes) is 1. The first-order valence-corrected chi connectivity index (χ1v) is 8.32. The van der Waals surface area contributed by atoms with E-state index < -0.39 is 5.97 Å². The van der Waals surface area contributed by atoms with Gasteiger partial charge in [0.1, 0.15) is 5.75 Å². The van der Waals surface area contributed by atoms with Gasteiger partial charge in [-0.1, -0.05) is 13.3 Å². The number of methoxy groups -OCH3 is 1. The molecule has 0 unspecified atom stereocenters. The minimum absolute atomic E-state index is 0.199. The normalized spacial score (nSPS) is 10.1. The summed E-state index contributed by atoms with van der Waals surface area (Å²) in [5.41, 5.74) is 0.468. The van der Waals surface area contributed by atoms with E-state index in [4.69, 9.17) is 14.2 Å². The summed E-state index contributed by atoms with van der Waals surface area (Å²) in [5.74, 6) is 0.0652. The van der Waals surface area contributed by atoms with Gasteiger partial charge in [0.2, 0.25) is 0 Å². The van der Waals surface area contributed by atoms with Gasteiger partial charge in [0.15, 0.2) is 0 Å². The molecular formula is C16H21IO5. The number of ether oxygens (including phenoxy) is 3. The minimum Gasteiger partial charge on any atom is -0.496 e. The van der Waals surface area contributed by atoms with Gasteiger partial charge in [-0.2, -0.15) is 0 Å². The van der Waals surface area contributed by atoms with Crippen LogP contribution in [0, 0.1) is 3.57 Å². The standard InChI is InChI=1S/C16H21IO5/c1-3-4-9-21-15(18)6-5-10-22-16(19)12-7-8-14(20-2)13(17)11-12/h7-8,11H,3-6,9-10H2,1-2H3. The van der Waals surface area contributed by atoms with E-state index in [1.165, 1.54) is 0 Å². The summed E-state index contributed by atoms with van der Waals surface area (Å²) >= 11 is 2.09. The van der Waals surface area contributed by atoms with Crippen LogP contribution >= 0.6 is 22.6 Å². The summed E-state index contributed by atoms with van der Waals surface area (Å²) in [6, 6.07) is 5.09. The number of benzene rings is 1. The summed E-state index contributed by atoms with van der Waals surface area (Å²) in [6.45, 7) is 2.69. The van der Waals surface area contributed by atoms with Crippen LogP contribution < -0.4 is 4.74 Å². The van der Waals surface area contributed by atoms with Gasteiger partial charge in [-0.15, -0.1) is 0 Å². The molecule has 1 aromatic carbocycles. The first-order chi connectivity index (χ1) is 10.6. The molecule has 0 aliphatic heterocycles. The monoisotopic (exact) mass is 420 g/mol. The van der Waals surface area contributed by atoms with Gasteiger partial charge in [0, 0.05) is 6.42 Å². The fraction of sp³-hybridized carbons (Fsp3) is 0.500. The van der Waals surface area contributed by atoms with Gasteiger partial charge in [-0.3, -0.25) is 4.79 Å². The molecule has 22 heavy (non-hydrogen) atoms. The van der Waals surface area contributed by atoms with Crippen LogP contribution in [0.25, 0.3) is 0 Å². The van der Waals surface area contributed by atoms with Crippen molar-refractivity contribution in [1.29, 1.82) is 0 Å². The lowest BCUT2D eigenvalue weighted by molar-refractivity contribution is -0.144. The fourth-order valence-corrected chi connectivity index (χ4v) is 2.40. The third-order valence-electron chi connectivity index (χ3n) is 2.91. The molecule has 0 aliphatic carbocycles. The molecule has 1 aromatic rings. The summed E-state index contributed by atoms with van der Waals surface area (Å²) < 4.78 is 16.1. The Labute approximate surface area is 144 Å². The first-order valence-electron chi connectivity index (χ1n) is 7.24. The number of rotatable bonds is 9. The maximum absolute atomic E-state index is 11.9. The molecule has 0 fully saturated rings. The lowest BCUT2D eigenvalue weighted by atomic mass is 10.2. The van der Waals surface area contributed by atoms with Crippen molar-refractivity contribution >= 4 is 34.5 Å². The zero-order valence-electron chi connectivity index (χ0n) is 12.9. The van der Waals surface area contributed by atoms with Gasteiger partial charge in [0.05, 0.1) is 29.5 Å². The average molecular weight is 420 g/mol. The lowest BCUT2D eigenvalue weighted by Crippen LogP contribution is -2.10. The molecule has 122 valence electrons. The average Bonchev–Trinajstić information content (AvgIpc) is 2.51. The van der Waals surface area contributed by atoms with Crippen molar-refractivity contribution in [3.63, 3.8) is 0 Å². The molecule has 1 rings (SSSR count). The Hall–Kier alpha value is -1.31. The Morgan fingerprint density at radius 1 is 1.14 bits per heavy atom. The van der Waals surface area contributed by atoms with E-state index in [1.807, 2.05) is 6.92 Å². The van der Waals surface area contributed by atoms with Crippen molar-refractivity contribution < 1.29 is 23.8 Å². The second-order valence-corrected chi connectivity index (χ2v) is 5.83. The van der Waals surface area contributed by atoms with Crippen LogP contribution in [-0.4, -0.2) is 32.3 Å². The highest BCUT2D eigenvalue weighted by molar-refractivity contribution is 14.1. The fourth-order valence-electron chi connectivity index (χ4n) is 1.66. The zero-order valence-corrected chi connectivity index (χ0v) is 15.1. The Morgan fingerprint density at radius 3 is 2.50 bits per heavy atom. The van der Waals surface area contributed by atoms with Crippen molar-refractivity contribution in [2.24, 2.45) is 0 Å². The summed E-state index contributed by atoms with van der Waals surface area (Å²) in [4.78, 5) is 23.2. The molecule has 5 nitrogen and oxygen atoms in total. The van der Waals surface area contributed by atoms with Crippen LogP contribution in [0.3, 0.4) is 0 Å². The van der Waals surface area contributed by atoms with Crippen LogP contribution in [0.1, 0.15) is 43.0 Å². The Balaban J connectivity index is 2.28. The lowest BCUT2D eigenvalue weighted by Gasteiger charge is -2.07. The molecule has 0 saturated carbocycles. The van der Waals surface area contributed by atoms with Crippen molar-refractivity contribution in [1.82, 2.24) is 0 Å². The number of esters is 2. The number of hydrogen-bond donors (Lipinski definition) is 0. The molecule has 0 atom stereocenters. The third kappa shape index (κ3) is 6.64. The molecule has 0 spiro atoms. The number of carbonyl (C=O) groups is 2. The summed E-state index contributed by atoms with van der Waals surface area (Å²) in [5, 5.41) is 0. The SMILES string of the molecule is CCCCOC(=O)CCCOC(=O)c1ccc(OC)c(I)c1. The van der Waals surface area contributed by atoms with E-state index in [0.29, 0.717) is 24.3 Å². The number of carbonyl (C=O) groups excluding carboxylic acids is 2. The largest absolute Gasteiger partial charge is 0.496 e.